The highest BCUT2D eigenvalue weighted by atomic mass is 35.5. The molecule has 2 aromatic rings. The number of aromatic nitrogens is 2. The Morgan fingerprint density at radius 3 is 2.52 bits per heavy atom. The molecule has 1 aliphatic rings. The maximum atomic E-state index is 12.4. The molecule has 1 aromatic heterocycles. The Balaban J connectivity index is 1.56. The van der Waals surface area contributed by atoms with Gasteiger partial charge in [0.05, 0.1) is 17.4 Å². The maximum absolute atomic E-state index is 12.4. The van der Waals surface area contributed by atoms with Crippen LogP contribution in [0, 0.1) is 6.92 Å². The summed E-state index contributed by atoms with van der Waals surface area (Å²) in [5.74, 6) is 0.697. The molecular weight excluding hydrogens is 312 g/mol. The van der Waals surface area contributed by atoms with Crippen molar-refractivity contribution in [3.8, 4) is 0 Å². The number of carbonyl (C=O) groups excluding carboxylic acids is 1. The van der Waals surface area contributed by atoms with Gasteiger partial charge in [0.15, 0.2) is 0 Å². The minimum Gasteiger partial charge on any atom is -0.349 e. The number of benzene rings is 1. The third-order valence-electron chi connectivity index (χ3n) is 4.11. The van der Waals surface area contributed by atoms with E-state index in [2.05, 4.69) is 20.2 Å². The lowest BCUT2D eigenvalue weighted by Gasteiger charge is -2.32. The maximum Gasteiger partial charge on any atom is 0.251 e. The van der Waals surface area contributed by atoms with Gasteiger partial charge >= 0.3 is 0 Å². The lowest BCUT2D eigenvalue weighted by molar-refractivity contribution is 0.0930. The first-order chi connectivity index (χ1) is 11.1. The Kier molecular flexibility index (Phi) is 4.76. The number of rotatable bonds is 3. The minimum absolute atomic E-state index is 0.00397. The second-order valence-corrected chi connectivity index (χ2v) is 6.19. The van der Waals surface area contributed by atoms with E-state index in [1.165, 1.54) is 0 Å². The number of anilines is 1. The summed E-state index contributed by atoms with van der Waals surface area (Å²) in [6.07, 6.45) is 4.97. The van der Waals surface area contributed by atoms with Crippen LogP contribution in [0.25, 0.3) is 0 Å². The van der Waals surface area contributed by atoms with E-state index in [4.69, 9.17) is 11.6 Å². The van der Waals surface area contributed by atoms with Gasteiger partial charge in [-0.25, -0.2) is 9.97 Å². The zero-order valence-electron chi connectivity index (χ0n) is 13.0. The van der Waals surface area contributed by atoms with Crippen molar-refractivity contribution in [2.45, 2.75) is 25.8 Å². The van der Waals surface area contributed by atoms with Crippen LogP contribution < -0.4 is 10.2 Å². The third kappa shape index (κ3) is 3.79. The highest BCUT2D eigenvalue weighted by Gasteiger charge is 2.22. The fourth-order valence-electron chi connectivity index (χ4n) is 2.78. The summed E-state index contributed by atoms with van der Waals surface area (Å²) < 4.78 is 0. The predicted octanol–water partition coefficient (Wildman–Crippen LogP) is 2.84. The Morgan fingerprint density at radius 2 is 1.87 bits per heavy atom. The van der Waals surface area contributed by atoms with Crippen molar-refractivity contribution in [1.82, 2.24) is 15.3 Å². The van der Waals surface area contributed by atoms with E-state index >= 15 is 0 Å². The average molecular weight is 331 g/mol. The SMILES string of the molecule is Cc1ccccc1C(=O)NC1CCN(c2ncc(Cl)cn2)CC1. The molecule has 0 atom stereocenters. The van der Waals surface area contributed by atoms with E-state index < -0.39 is 0 Å². The Labute approximate surface area is 140 Å². The summed E-state index contributed by atoms with van der Waals surface area (Å²) in [4.78, 5) is 23.0. The molecule has 3 rings (SSSR count). The summed E-state index contributed by atoms with van der Waals surface area (Å²) in [5.41, 5.74) is 1.74. The van der Waals surface area contributed by atoms with Crippen molar-refractivity contribution >= 4 is 23.5 Å². The van der Waals surface area contributed by atoms with Gasteiger partial charge in [0.1, 0.15) is 0 Å². The molecule has 0 saturated carbocycles. The zero-order chi connectivity index (χ0) is 16.2. The molecule has 1 fully saturated rings. The molecule has 1 N–H and O–H groups in total. The van der Waals surface area contributed by atoms with Crippen LogP contribution in [0.4, 0.5) is 5.95 Å². The summed E-state index contributed by atoms with van der Waals surface area (Å²) in [6, 6.07) is 7.83. The Morgan fingerprint density at radius 1 is 1.22 bits per heavy atom. The normalized spacial score (nSPS) is 15.5. The molecule has 1 amide bonds. The first-order valence-electron chi connectivity index (χ1n) is 7.72. The van der Waals surface area contributed by atoms with E-state index in [9.17, 15) is 4.79 Å². The van der Waals surface area contributed by atoms with E-state index in [1.54, 1.807) is 12.4 Å². The van der Waals surface area contributed by atoms with Crippen LogP contribution in [0.15, 0.2) is 36.7 Å². The number of hydrogen-bond donors (Lipinski definition) is 1. The molecule has 1 saturated heterocycles. The van der Waals surface area contributed by atoms with Crippen LogP contribution in [0.5, 0.6) is 0 Å². The van der Waals surface area contributed by atoms with E-state index in [1.807, 2.05) is 31.2 Å². The molecule has 1 aliphatic heterocycles. The molecular formula is C17H19ClN4O. The standard InChI is InChI=1S/C17H19ClN4O/c1-12-4-2-3-5-15(12)16(23)21-14-6-8-22(9-7-14)17-19-10-13(18)11-20-17/h2-5,10-11,14H,6-9H2,1H3,(H,21,23). The minimum atomic E-state index is 0.00397. The largest absolute Gasteiger partial charge is 0.349 e. The zero-order valence-corrected chi connectivity index (χ0v) is 13.8. The molecule has 5 nitrogen and oxygen atoms in total. The molecule has 0 radical (unpaired) electrons. The van der Waals surface area contributed by atoms with Gasteiger partial charge in [-0.15, -0.1) is 0 Å². The third-order valence-corrected chi connectivity index (χ3v) is 4.30. The molecule has 6 heteroatoms. The molecule has 0 unspecified atom stereocenters. The molecule has 120 valence electrons. The first kappa shape index (κ1) is 15.7. The summed E-state index contributed by atoms with van der Waals surface area (Å²) >= 11 is 5.81. The molecule has 0 spiro atoms. The van der Waals surface area contributed by atoms with Crippen molar-refractivity contribution < 1.29 is 4.79 Å². The van der Waals surface area contributed by atoms with Crippen LogP contribution in [-0.2, 0) is 0 Å². The van der Waals surface area contributed by atoms with Gasteiger partial charge in [0.2, 0.25) is 5.95 Å². The number of amides is 1. The van der Waals surface area contributed by atoms with Crippen LogP contribution in [0.1, 0.15) is 28.8 Å². The number of nitrogens with one attached hydrogen (secondary N) is 1. The van der Waals surface area contributed by atoms with Gasteiger partial charge in [-0.2, -0.15) is 0 Å². The molecule has 0 bridgehead atoms. The summed E-state index contributed by atoms with van der Waals surface area (Å²) in [5, 5.41) is 3.67. The highest BCUT2D eigenvalue weighted by molar-refractivity contribution is 6.30. The quantitative estimate of drug-likeness (QED) is 0.940. The predicted molar refractivity (Wildman–Crippen MR) is 90.9 cm³/mol. The highest BCUT2D eigenvalue weighted by Crippen LogP contribution is 2.17. The lowest BCUT2D eigenvalue weighted by Crippen LogP contribution is -2.45. The topological polar surface area (TPSA) is 58.1 Å². The number of hydrogen-bond acceptors (Lipinski definition) is 4. The molecule has 23 heavy (non-hydrogen) atoms. The monoisotopic (exact) mass is 330 g/mol. The number of halogens is 1. The van der Waals surface area contributed by atoms with E-state index in [-0.39, 0.29) is 11.9 Å². The van der Waals surface area contributed by atoms with Crippen molar-refractivity contribution in [2.24, 2.45) is 0 Å². The van der Waals surface area contributed by atoms with Gasteiger partial charge in [0, 0.05) is 24.7 Å². The van der Waals surface area contributed by atoms with Gasteiger partial charge < -0.3 is 10.2 Å². The van der Waals surface area contributed by atoms with E-state index in [0.29, 0.717) is 11.0 Å². The number of nitrogens with zero attached hydrogens (tertiary/aromatic N) is 3. The van der Waals surface area contributed by atoms with Gasteiger partial charge in [-0.3, -0.25) is 4.79 Å². The van der Waals surface area contributed by atoms with Crippen LogP contribution in [0.3, 0.4) is 0 Å². The molecule has 2 heterocycles. The second-order valence-electron chi connectivity index (χ2n) is 5.75. The lowest BCUT2D eigenvalue weighted by atomic mass is 10.0. The van der Waals surface area contributed by atoms with Crippen molar-refractivity contribution in [1.29, 1.82) is 0 Å². The fourth-order valence-corrected chi connectivity index (χ4v) is 2.88. The fraction of sp³-hybridized carbons (Fsp3) is 0.353. The van der Waals surface area contributed by atoms with E-state index in [0.717, 1.165) is 37.1 Å². The number of piperidine rings is 1. The van der Waals surface area contributed by atoms with Crippen molar-refractivity contribution in [3.05, 3.63) is 52.8 Å². The number of aryl methyl sites for hydroxylation is 1. The Hall–Kier alpha value is -2.14. The Bertz CT molecular complexity index is 681. The van der Waals surface area contributed by atoms with Crippen LogP contribution in [0.2, 0.25) is 5.02 Å². The second kappa shape index (κ2) is 6.96. The van der Waals surface area contributed by atoms with Crippen molar-refractivity contribution in [2.75, 3.05) is 18.0 Å². The van der Waals surface area contributed by atoms with Crippen molar-refractivity contribution in [3.63, 3.8) is 0 Å². The molecule has 0 aliphatic carbocycles. The van der Waals surface area contributed by atoms with Crippen LogP contribution in [-0.4, -0.2) is 35.0 Å². The smallest absolute Gasteiger partial charge is 0.251 e. The molecule has 1 aromatic carbocycles. The average Bonchev–Trinajstić information content (AvgIpc) is 2.57. The summed E-state index contributed by atoms with van der Waals surface area (Å²) in [7, 11) is 0. The van der Waals surface area contributed by atoms with Gasteiger partial charge in [-0.1, -0.05) is 29.8 Å². The number of carbonyl (C=O) groups is 1. The van der Waals surface area contributed by atoms with Crippen LogP contribution >= 0.6 is 11.6 Å². The van der Waals surface area contributed by atoms with Gasteiger partial charge in [-0.05, 0) is 31.4 Å². The van der Waals surface area contributed by atoms with Gasteiger partial charge in [0.25, 0.3) is 5.91 Å². The summed E-state index contributed by atoms with van der Waals surface area (Å²) in [6.45, 7) is 3.59. The first-order valence-corrected chi connectivity index (χ1v) is 8.10.